The molecule has 142 valence electrons. The van der Waals surface area contributed by atoms with E-state index in [4.69, 9.17) is 14.0 Å². The zero-order valence-corrected chi connectivity index (χ0v) is 15.3. The van der Waals surface area contributed by atoms with Crippen molar-refractivity contribution in [2.45, 2.75) is 12.5 Å². The molecule has 1 aromatic heterocycles. The fourth-order valence-corrected chi connectivity index (χ4v) is 3.28. The standard InChI is InChI=1S/C23H16N2O4/c26-23-19-9-5-4-8-18(19)20(28-23)14-21-24-22(25-29-21)15-10-12-17(13-11-15)27-16-6-2-1-3-7-16/h1-13,20H,14H2. The summed E-state index contributed by atoms with van der Waals surface area (Å²) >= 11 is 0. The van der Waals surface area contributed by atoms with E-state index in [9.17, 15) is 4.79 Å². The van der Waals surface area contributed by atoms with Crippen LogP contribution < -0.4 is 4.74 Å². The number of cyclic esters (lactones) is 1. The van der Waals surface area contributed by atoms with Gasteiger partial charge in [-0.3, -0.25) is 0 Å². The van der Waals surface area contributed by atoms with Crippen LogP contribution in [0.3, 0.4) is 0 Å². The molecular formula is C23H16N2O4. The zero-order valence-electron chi connectivity index (χ0n) is 15.3. The minimum atomic E-state index is -0.409. The van der Waals surface area contributed by atoms with Gasteiger partial charge >= 0.3 is 5.97 Å². The summed E-state index contributed by atoms with van der Waals surface area (Å²) < 4.78 is 16.6. The number of aromatic nitrogens is 2. The molecule has 29 heavy (non-hydrogen) atoms. The lowest BCUT2D eigenvalue weighted by molar-refractivity contribution is 0.0372. The van der Waals surface area contributed by atoms with Crippen LogP contribution in [0.15, 0.2) is 83.4 Å². The first-order valence-corrected chi connectivity index (χ1v) is 9.22. The van der Waals surface area contributed by atoms with Crippen molar-refractivity contribution in [3.8, 4) is 22.9 Å². The summed E-state index contributed by atoms with van der Waals surface area (Å²) in [5, 5.41) is 4.05. The van der Waals surface area contributed by atoms with Crippen LogP contribution in [-0.4, -0.2) is 16.1 Å². The first kappa shape index (κ1) is 17.2. The molecule has 0 radical (unpaired) electrons. The summed E-state index contributed by atoms with van der Waals surface area (Å²) in [5.41, 5.74) is 2.25. The monoisotopic (exact) mass is 384 g/mol. The lowest BCUT2D eigenvalue weighted by Gasteiger charge is -2.06. The smallest absolute Gasteiger partial charge is 0.339 e. The highest BCUT2D eigenvalue weighted by molar-refractivity contribution is 5.94. The first-order valence-electron chi connectivity index (χ1n) is 9.22. The summed E-state index contributed by atoms with van der Waals surface area (Å²) in [6.07, 6.45) is -0.0704. The number of hydrogen-bond acceptors (Lipinski definition) is 6. The lowest BCUT2D eigenvalue weighted by atomic mass is 10.0. The van der Waals surface area contributed by atoms with Crippen molar-refractivity contribution < 1.29 is 18.8 Å². The van der Waals surface area contributed by atoms with Gasteiger partial charge in [0, 0.05) is 11.1 Å². The Labute approximate surface area is 166 Å². The highest BCUT2D eigenvalue weighted by Crippen LogP contribution is 2.33. The Morgan fingerprint density at radius 2 is 1.59 bits per heavy atom. The maximum atomic E-state index is 12.0. The molecule has 0 fully saturated rings. The number of carbonyl (C=O) groups excluding carboxylic acids is 1. The summed E-state index contributed by atoms with van der Waals surface area (Å²) in [7, 11) is 0. The Balaban J connectivity index is 1.30. The number of ether oxygens (including phenoxy) is 2. The molecule has 0 bridgehead atoms. The van der Waals surface area contributed by atoms with Crippen molar-refractivity contribution in [1.29, 1.82) is 0 Å². The minimum absolute atomic E-state index is 0.320. The van der Waals surface area contributed by atoms with Crippen LogP contribution in [0.25, 0.3) is 11.4 Å². The minimum Gasteiger partial charge on any atom is -0.457 e. The Morgan fingerprint density at radius 1 is 0.862 bits per heavy atom. The zero-order chi connectivity index (χ0) is 19.6. The summed E-state index contributed by atoms with van der Waals surface area (Å²) in [5.74, 6) is 2.06. The van der Waals surface area contributed by atoms with Crippen molar-refractivity contribution in [2.24, 2.45) is 0 Å². The van der Waals surface area contributed by atoms with Gasteiger partial charge in [0.1, 0.15) is 17.6 Å². The van der Waals surface area contributed by atoms with E-state index in [1.54, 1.807) is 6.07 Å². The normalized spacial score (nSPS) is 15.0. The van der Waals surface area contributed by atoms with Gasteiger partial charge in [-0.15, -0.1) is 0 Å². The van der Waals surface area contributed by atoms with Crippen LogP contribution in [0.2, 0.25) is 0 Å². The van der Waals surface area contributed by atoms with Crippen molar-refractivity contribution in [1.82, 2.24) is 10.1 Å². The predicted octanol–water partition coefficient (Wildman–Crippen LogP) is 4.98. The number of rotatable bonds is 5. The summed E-state index contributed by atoms with van der Waals surface area (Å²) in [6.45, 7) is 0. The van der Waals surface area contributed by atoms with Crippen molar-refractivity contribution in [3.63, 3.8) is 0 Å². The molecule has 5 rings (SSSR count). The molecule has 1 atom stereocenters. The van der Waals surface area contributed by atoms with E-state index in [-0.39, 0.29) is 5.97 Å². The maximum absolute atomic E-state index is 12.0. The molecule has 0 amide bonds. The fraction of sp³-hybridized carbons (Fsp3) is 0.0870. The number of nitrogens with zero attached hydrogens (tertiary/aromatic N) is 2. The third-order valence-electron chi connectivity index (χ3n) is 4.70. The Bertz CT molecular complexity index is 1150. The van der Waals surface area contributed by atoms with Crippen LogP contribution >= 0.6 is 0 Å². The maximum Gasteiger partial charge on any atom is 0.339 e. The highest BCUT2D eigenvalue weighted by Gasteiger charge is 2.32. The van der Waals surface area contributed by atoms with Crippen LogP contribution in [0.4, 0.5) is 0 Å². The molecule has 4 aromatic rings. The summed E-state index contributed by atoms with van der Waals surface area (Å²) in [6, 6.07) is 24.4. The molecule has 2 heterocycles. The Morgan fingerprint density at radius 3 is 2.41 bits per heavy atom. The largest absolute Gasteiger partial charge is 0.457 e. The number of hydrogen-bond donors (Lipinski definition) is 0. The van der Waals surface area contributed by atoms with Crippen molar-refractivity contribution in [3.05, 3.63) is 95.9 Å². The molecule has 1 unspecified atom stereocenters. The van der Waals surface area contributed by atoms with Gasteiger partial charge in [-0.05, 0) is 42.5 Å². The van der Waals surface area contributed by atoms with Crippen molar-refractivity contribution >= 4 is 5.97 Å². The van der Waals surface area contributed by atoms with E-state index < -0.39 is 6.10 Å². The van der Waals surface area contributed by atoms with E-state index in [0.29, 0.717) is 23.7 Å². The van der Waals surface area contributed by atoms with E-state index in [1.165, 1.54) is 0 Å². The molecule has 6 nitrogen and oxygen atoms in total. The van der Waals surface area contributed by atoms with E-state index in [2.05, 4.69) is 10.1 Å². The second-order valence-electron chi connectivity index (χ2n) is 6.64. The first-order chi connectivity index (χ1) is 14.3. The number of benzene rings is 3. The van der Waals surface area contributed by atoms with Crippen molar-refractivity contribution in [2.75, 3.05) is 0 Å². The second-order valence-corrected chi connectivity index (χ2v) is 6.64. The molecule has 0 aliphatic carbocycles. The number of para-hydroxylation sites is 1. The highest BCUT2D eigenvalue weighted by atomic mass is 16.6. The SMILES string of the molecule is O=C1OC(Cc2nc(-c3ccc(Oc4ccccc4)cc3)no2)c2ccccc21. The third-order valence-corrected chi connectivity index (χ3v) is 4.70. The second kappa shape index (κ2) is 7.24. The van der Waals surface area contributed by atoms with Crippen LogP contribution in [0.1, 0.15) is 27.9 Å². The fourth-order valence-electron chi connectivity index (χ4n) is 3.28. The lowest BCUT2D eigenvalue weighted by Crippen LogP contribution is -2.03. The van der Waals surface area contributed by atoms with Gasteiger partial charge in [0.05, 0.1) is 12.0 Å². The van der Waals surface area contributed by atoms with E-state index in [1.807, 2.05) is 72.8 Å². The molecule has 1 aliphatic heterocycles. The van der Waals surface area contributed by atoms with Gasteiger partial charge in [-0.2, -0.15) is 4.98 Å². The van der Waals surface area contributed by atoms with Crippen LogP contribution in [0, 0.1) is 0 Å². The van der Waals surface area contributed by atoms with Gasteiger partial charge in [-0.1, -0.05) is 41.6 Å². The molecule has 1 aliphatic rings. The van der Waals surface area contributed by atoms with Crippen LogP contribution in [-0.2, 0) is 11.2 Å². The molecule has 0 spiro atoms. The molecular weight excluding hydrogens is 368 g/mol. The molecule has 0 N–H and O–H groups in total. The summed E-state index contributed by atoms with van der Waals surface area (Å²) in [4.78, 5) is 16.4. The van der Waals surface area contributed by atoms with Crippen LogP contribution in [0.5, 0.6) is 11.5 Å². The van der Waals surface area contributed by atoms with Gasteiger partial charge in [-0.25, -0.2) is 4.79 Å². The van der Waals surface area contributed by atoms with E-state index in [0.717, 1.165) is 22.6 Å². The predicted molar refractivity (Wildman–Crippen MR) is 105 cm³/mol. The number of carbonyl (C=O) groups is 1. The van der Waals surface area contributed by atoms with Gasteiger partial charge < -0.3 is 14.0 Å². The number of esters is 1. The molecule has 3 aromatic carbocycles. The number of fused-ring (bicyclic) bond motifs is 1. The topological polar surface area (TPSA) is 74.5 Å². The van der Waals surface area contributed by atoms with Gasteiger partial charge in [0.2, 0.25) is 11.7 Å². The Kier molecular flexibility index (Phi) is 4.29. The average Bonchev–Trinajstić information content (AvgIpc) is 3.35. The molecule has 0 saturated heterocycles. The molecule has 6 heteroatoms. The third kappa shape index (κ3) is 3.48. The average molecular weight is 384 g/mol. The Hall–Kier alpha value is -3.93. The van der Waals surface area contributed by atoms with E-state index >= 15 is 0 Å². The quantitative estimate of drug-likeness (QED) is 0.452. The van der Waals surface area contributed by atoms with Gasteiger partial charge in [0.25, 0.3) is 0 Å². The van der Waals surface area contributed by atoms with Gasteiger partial charge in [0.15, 0.2) is 0 Å². The molecule has 0 saturated carbocycles.